The van der Waals surface area contributed by atoms with Crippen LogP contribution in [0.25, 0.3) is 0 Å². The minimum atomic E-state index is -0.521. The molecule has 0 spiro atoms. The summed E-state index contributed by atoms with van der Waals surface area (Å²) in [5, 5.41) is 19.5. The smallest absolute Gasteiger partial charge is 0.240 e. The molecule has 34 heavy (non-hydrogen) atoms. The number of aliphatic imine (C=N–C) groups is 2. The number of halogens is 4. The van der Waals surface area contributed by atoms with Crippen LogP contribution in [0, 0.1) is 10.8 Å². The van der Waals surface area contributed by atoms with Crippen LogP contribution < -0.4 is 25.6 Å². The average molecular weight is 548 g/mol. The van der Waals surface area contributed by atoms with Gasteiger partial charge in [0.2, 0.25) is 17.9 Å². The Morgan fingerprint density at radius 1 is 0.912 bits per heavy atom. The number of hydrogen-bond donors (Lipinski definition) is 5. The summed E-state index contributed by atoms with van der Waals surface area (Å²) in [7, 11) is 0. The van der Waals surface area contributed by atoms with Gasteiger partial charge in [0, 0.05) is 43.2 Å². The van der Waals surface area contributed by atoms with Crippen molar-refractivity contribution in [2.45, 2.75) is 6.04 Å². The number of nitrogens with two attached hydrogens (primary N) is 2. The molecular formula is C20H26Cl4N10. The fourth-order valence-corrected chi connectivity index (χ4v) is 3.33. The summed E-state index contributed by atoms with van der Waals surface area (Å²) in [5.74, 6) is -0.351. The van der Waals surface area contributed by atoms with Gasteiger partial charge in [0.15, 0.2) is 0 Å². The number of benzene rings is 2. The summed E-state index contributed by atoms with van der Waals surface area (Å²) in [6.45, 7) is 1.47. The first-order valence-electron chi connectivity index (χ1n) is 9.73. The van der Waals surface area contributed by atoms with Crippen LogP contribution in [0.15, 0.2) is 70.6 Å². The Morgan fingerprint density at radius 3 is 1.97 bits per heavy atom. The Balaban J connectivity index is 0.00000289. The van der Waals surface area contributed by atoms with Gasteiger partial charge in [0.1, 0.15) is 11.9 Å². The molecule has 0 aliphatic carbocycles. The summed E-state index contributed by atoms with van der Waals surface area (Å²) < 4.78 is 2.27. The summed E-state index contributed by atoms with van der Waals surface area (Å²) >= 11 is 12.7. The maximum atomic E-state index is 8.39. The minimum absolute atomic E-state index is 0. The summed E-state index contributed by atoms with van der Waals surface area (Å²) in [6.07, 6.45) is 0. The Labute approximate surface area is 220 Å². The molecule has 2 aromatic rings. The molecule has 0 radical (unpaired) electrons. The van der Waals surface area contributed by atoms with Crippen molar-refractivity contribution < 1.29 is 0 Å². The molecule has 0 amide bonds. The van der Waals surface area contributed by atoms with Crippen LogP contribution in [0.2, 0.25) is 0 Å². The fraction of sp³-hybridized carbons (Fsp3) is 0.200. The molecule has 3 rings (SSSR count). The van der Waals surface area contributed by atoms with Crippen molar-refractivity contribution in [3.8, 4) is 0 Å². The molecular weight excluding hydrogens is 522 g/mol. The highest BCUT2D eigenvalue weighted by Gasteiger charge is 2.29. The zero-order valence-corrected chi connectivity index (χ0v) is 21.1. The van der Waals surface area contributed by atoms with Crippen molar-refractivity contribution >= 4 is 83.5 Å². The molecule has 2 aromatic carbocycles. The van der Waals surface area contributed by atoms with Crippen molar-refractivity contribution in [2.24, 2.45) is 21.5 Å². The minimum Gasteiger partial charge on any atom is -0.386 e. The van der Waals surface area contributed by atoms with Crippen LogP contribution in [0.5, 0.6) is 0 Å². The maximum absolute atomic E-state index is 8.39. The first-order chi connectivity index (χ1) is 15.4. The van der Waals surface area contributed by atoms with Crippen molar-refractivity contribution in [1.29, 1.82) is 10.8 Å². The molecule has 184 valence electrons. The van der Waals surface area contributed by atoms with Crippen LogP contribution >= 0.6 is 48.4 Å². The van der Waals surface area contributed by atoms with E-state index in [1.807, 2.05) is 24.3 Å². The molecule has 0 bridgehead atoms. The van der Waals surface area contributed by atoms with E-state index in [9.17, 15) is 0 Å². The number of nitrogens with zero attached hydrogens (tertiary/aromatic N) is 5. The fourth-order valence-electron chi connectivity index (χ4n) is 3.03. The lowest BCUT2D eigenvalue weighted by Gasteiger charge is -2.36. The van der Waals surface area contributed by atoms with E-state index in [2.05, 4.69) is 15.3 Å². The van der Waals surface area contributed by atoms with E-state index in [0.717, 1.165) is 4.42 Å². The Kier molecular flexibility index (Phi) is 11.9. The molecule has 0 saturated carbocycles. The van der Waals surface area contributed by atoms with Crippen molar-refractivity contribution in [3.05, 3.63) is 60.7 Å². The second-order valence-electron chi connectivity index (χ2n) is 6.81. The molecule has 7 N–H and O–H groups in total. The zero-order chi connectivity index (χ0) is 23.1. The van der Waals surface area contributed by atoms with Crippen LogP contribution in [0.3, 0.4) is 0 Å². The van der Waals surface area contributed by atoms with Gasteiger partial charge in [-0.05, 0) is 24.3 Å². The first kappa shape index (κ1) is 29.3. The average Bonchev–Trinajstić information content (AvgIpc) is 2.83. The second kappa shape index (κ2) is 13.8. The topological polar surface area (TPSA) is 146 Å². The van der Waals surface area contributed by atoms with E-state index in [1.165, 1.54) is 4.42 Å². The highest BCUT2D eigenvalue weighted by atomic mass is 35.5. The third-order valence-electron chi connectivity index (χ3n) is 4.63. The highest BCUT2D eigenvalue weighted by Crippen LogP contribution is 2.18. The van der Waals surface area contributed by atoms with E-state index in [-0.39, 0.29) is 48.5 Å². The van der Waals surface area contributed by atoms with Gasteiger partial charge in [0.25, 0.3) is 0 Å². The lowest BCUT2D eigenvalue weighted by molar-refractivity contribution is 0.308. The molecule has 1 aliphatic heterocycles. The van der Waals surface area contributed by atoms with Gasteiger partial charge in [-0.15, -0.1) is 24.8 Å². The van der Waals surface area contributed by atoms with Crippen molar-refractivity contribution in [2.75, 3.05) is 28.5 Å². The van der Waals surface area contributed by atoms with Gasteiger partial charge in [-0.2, -0.15) is 9.98 Å². The number of nitrogens with one attached hydrogen (secondary N) is 3. The quantitative estimate of drug-likeness (QED) is 0.227. The van der Waals surface area contributed by atoms with E-state index in [1.54, 1.807) is 41.3 Å². The van der Waals surface area contributed by atoms with Gasteiger partial charge in [0.05, 0.1) is 11.4 Å². The molecule has 1 heterocycles. The Bertz CT molecular complexity index is 1000. The lowest BCUT2D eigenvalue weighted by atomic mass is 10.2. The van der Waals surface area contributed by atoms with E-state index in [4.69, 9.17) is 45.8 Å². The highest BCUT2D eigenvalue weighted by molar-refractivity contribution is 6.38. The van der Waals surface area contributed by atoms with Gasteiger partial charge in [-0.3, -0.25) is 10.8 Å². The van der Waals surface area contributed by atoms with Gasteiger partial charge in [-0.1, -0.05) is 36.4 Å². The number of para-hydroxylation sites is 2. The van der Waals surface area contributed by atoms with Crippen LogP contribution in [-0.4, -0.2) is 54.3 Å². The predicted octanol–water partition coefficient (Wildman–Crippen LogP) is 2.97. The molecule has 0 aromatic heterocycles. The normalized spacial score (nSPS) is 16.1. The predicted molar refractivity (Wildman–Crippen MR) is 146 cm³/mol. The van der Waals surface area contributed by atoms with Crippen molar-refractivity contribution in [3.63, 3.8) is 0 Å². The molecule has 1 aliphatic rings. The standard InChI is InChI=1S/C20H24Cl2N10.2ClH/c21-31(14-7-3-1-4-8-14)18(25)28-20(30-12-11-27-13-16(30)17(23)24)29-19(26)32(22)15-9-5-2-6-10-15;;/h1-10,16,27H,11-13H2,(H3,23,24)(H3,25,26,28,29);2*1H. The Morgan fingerprint density at radius 2 is 1.44 bits per heavy atom. The molecule has 1 atom stereocenters. The molecule has 1 saturated heterocycles. The number of rotatable bonds is 3. The molecule has 1 unspecified atom stereocenters. The Hall–Kier alpha value is -2.76. The number of guanidine groups is 3. The summed E-state index contributed by atoms with van der Waals surface area (Å²) in [6, 6.07) is 17.4. The number of hydrogen-bond acceptors (Lipinski definition) is 3. The summed E-state index contributed by atoms with van der Waals surface area (Å²) in [5.41, 5.74) is 13.1. The number of anilines is 2. The monoisotopic (exact) mass is 546 g/mol. The zero-order valence-electron chi connectivity index (χ0n) is 17.9. The molecule has 10 nitrogen and oxygen atoms in total. The van der Waals surface area contributed by atoms with Crippen LogP contribution in [0.4, 0.5) is 11.4 Å². The molecule has 14 heteroatoms. The third kappa shape index (κ3) is 7.37. The van der Waals surface area contributed by atoms with Crippen LogP contribution in [0.1, 0.15) is 0 Å². The SMILES string of the molecule is Cl.Cl.N=C(N)C1CNCCN1C(N=C(N)N(Cl)c1ccccc1)=NC(=N)N(Cl)c1ccccc1. The van der Waals surface area contributed by atoms with E-state index in [0.29, 0.717) is 31.0 Å². The van der Waals surface area contributed by atoms with Crippen molar-refractivity contribution in [1.82, 2.24) is 10.2 Å². The first-order valence-corrected chi connectivity index (χ1v) is 10.4. The van der Waals surface area contributed by atoms with Gasteiger partial charge >= 0.3 is 0 Å². The number of amidine groups is 1. The largest absolute Gasteiger partial charge is 0.386 e. The third-order valence-corrected chi connectivity index (χ3v) is 5.36. The maximum Gasteiger partial charge on any atom is 0.240 e. The lowest BCUT2D eigenvalue weighted by Crippen LogP contribution is -2.58. The van der Waals surface area contributed by atoms with E-state index >= 15 is 0 Å². The van der Waals surface area contributed by atoms with E-state index < -0.39 is 6.04 Å². The van der Waals surface area contributed by atoms with Gasteiger partial charge in [-0.25, -0.2) is 8.84 Å². The number of piperazine rings is 1. The summed E-state index contributed by atoms with van der Waals surface area (Å²) in [4.78, 5) is 10.4. The molecule has 1 fully saturated rings. The van der Waals surface area contributed by atoms with Crippen LogP contribution in [-0.2, 0) is 0 Å². The van der Waals surface area contributed by atoms with Gasteiger partial charge < -0.3 is 21.7 Å². The second-order valence-corrected chi connectivity index (χ2v) is 7.48.